The Morgan fingerprint density at radius 3 is 2.00 bits per heavy atom. The standard InChI is InChI=1S/C24H26N2O2/c1-3-28-22-17-11-10-16-21(22)25-23(27)18-26(2)24(19-12-6-4-7-13-19)20-14-8-5-9-15-20/h4-17,24H,3,18H2,1-2H3,(H,25,27)/p+1. The lowest BCUT2D eigenvalue weighted by molar-refractivity contribution is -0.897. The highest BCUT2D eigenvalue weighted by Gasteiger charge is 2.25. The van der Waals surface area contributed by atoms with E-state index in [0.29, 0.717) is 24.6 Å². The Bertz CT molecular complexity index is 842. The molecule has 3 rings (SSSR count). The number of benzene rings is 3. The molecular formula is C24H27N2O2+. The van der Waals surface area contributed by atoms with E-state index in [1.54, 1.807) is 0 Å². The third-order valence-electron chi connectivity index (χ3n) is 4.66. The summed E-state index contributed by atoms with van der Waals surface area (Å²) < 4.78 is 5.61. The molecule has 0 saturated heterocycles. The van der Waals surface area contributed by atoms with Crippen molar-refractivity contribution in [2.75, 3.05) is 25.5 Å². The number of nitrogens with one attached hydrogen (secondary N) is 2. The van der Waals surface area contributed by atoms with E-state index in [2.05, 4.69) is 36.6 Å². The highest BCUT2D eigenvalue weighted by Crippen LogP contribution is 2.23. The van der Waals surface area contributed by atoms with Crippen molar-refractivity contribution in [1.29, 1.82) is 0 Å². The van der Waals surface area contributed by atoms with Gasteiger partial charge >= 0.3 is 0 Å². The summed E-state index contributed by atoms with van der Waals surface area (Å²) in [6, 6.07) is 28.2. The fraction of sp³-hybridized carbons (Fsp3) is 0.208. The summed E-state index contributed by atoms with van der Waals surface area (Å²) in [5, 5.41) is 3.00. The molecule has 0 aliphatic heterocycles. The molecule has 0 radical (unpaired) electrons. The first-order valence-electron chi connectivity index (χ1n) is 9.63. The van der Waals surface area contributed by atoms with Crippen molar-refractivity contribution in [3.8, 4) is 5.75 Å². The topological polar surface area (TPSA) is 42.8 Å². The van der Waals surface area contributed by atoms with E-state index in [0.717, 1.165) is 4.90 Å². The highest BCUT2D eigenvalue weighted by molar-refractivity contribution is 5.92. The Morgan fingerprint density at radius 2 is 1.43 bits per heavy atom. The van der Waals surface area contributed by atoms with Crippen molar-refractivity contribution >= 4 is 11.6 Å². The van der Waals surface area contributed by atoms with Crippen molar-refractivity contribution in [2.45, 2.75) is 13.0 Å². The molecule has 1 amide bonds. The first-order chi connectivity index (χ1) is 13.7. The van der Waals surface area contributed by atoms with Gasteiger partial charge in [-0.2, -0.15) is 0 Å². The van der Waals surface area contributed by atoms with Crippen LogP contribution >= 0.6 is 0 Å². The molecule has 1 unspecified atom stereocenters. The Kier molecular flexibility index (Phi) is 6.82. The minimum Gasteiger partial charge on any atom is -0.492 e. The van der Waals surface area contributed by atoms with E-state index in [1.807, 2.05) is 67.6 Å². The number of amides is 1. The van der Waals surface area contributed by atoms with Gasteiger partial charge in [-0.3, -0.25) is 4.79 Å². The van der Waals surface area contributed by atoms with Crippen LogP contribution in [0.15, 0.2) is 84.9 Å². The van der Waals surface area contributed by atoms with Gasteiger partial charge in [0.1, 0.15) is 11.8 Å². The second-order valence-electron chi connectivity index (χ2n) is 6.75. The minimum atomic E-state index is -0.0403. The van der Waals surface area contributed by atoms with E-state index in [1.165, 1.54) is 11.1 Å². The third-order valence-corrected chi connectivity index (χ3v) is 4.66. The molecule has 0 aromatic heterocycles. The third kappa shape index (κ3) is 4.99. The molecule has 1 atom stereocenters. The van der Waals surface area contributed by atoms with E-state index in [-0.39, 0.29) is 11.9 Å². The molecule has 4 heteroatoms. The van der Waals surface area contributed by atoms with Gasteiger partial charge < -0.3 is 15.0 Å². The molecule has 0 bridgehead atoms. The van der Waals surface area contributed by atoms with Crippen LogP contribution in [0.3, 0.4) is 0 Å². The van der Waals surface area contributed by atoms with Crippen molar-refractivity contribution in [1.82, 2.24) is 0 Å². The van der Waals surface area contributed by atoms with Crippen LogP contribution in [0.2, 0.25) is 0 Å². The van der Waals surface area contributed by atoms with Crippen LogP contribution in [0.1, 0.15) is 24.1 Å². The average Bonchev–Trinajstić information content (AvgIpc) is 2.71. The number of quaternary nitrogens is 1. The Balaban J connectivity index is 1.77. The van der Waals surface area contributed by atoms with Gasteiger partial charge in [0.05, 0.1) is 19.3 Å². The van der Waals surface area contributed by atoms with E-state index >= 15 is 0 Å². The SMILES string of the molecule is CCOc1ccccc1NC(=O)C[NH+](C)C(c1ccccc1)c1ccccc1. The average molecular weight is 375 g/mol. The molecular weight excluding hydrogens is 348 g/mol. The number of hydrogen-bond acceptors (Lipinski definition) is 2. The molecule has 28 heavy (non-hydrogen) atoms. The van der Waals surface area contributed by atoms with Crippen molar-refractivity contribution in [3.05, 3.63) is 96.1 Å². The van der Waals surface area contributed by atoms with Gasteiger partial charge in [-0.25, -0.2) is 0 Å². The minimum absolute atomic E-state index is 0.0403. The Morgan fingerprint density at radius 1 is 0.893 bits per heavy atom. The summed E-state index contributed by atoms with van der Waals surface area (Å²) in [5.41, 5.74) is 3.08. The first-order valence-corrected chi connectivity index (χ1v) is 9.63. The van der Waals surface area contributed by atoms with Crippen molar-refractivity contribution in [3.63, 3.8) is 0 Å². The van der Waals surface area contributed by atoms with Crippen molar-refractivity contribution in [2.24, 2.45) is 0 Å². The zero-order valence-corrected chi connectivity index (χ0v) is 16.4. The normalized spacial score (nSPS) is 11.8. The van der Waals surface area contributed by atoms with Gasteiger partial charge in [-0.15, -0.1) is 0 Å². The van der Waals surface area contributed by atoms with E-state index in [9.17, 15) is 4.79 Å². The molecule has 3 aromatic carbocycles. The number of likely N-dealkylation sites (N-methyl/N-ethyl adjacent to an activating group) is 1. The monoisotopic (exact) mass is 375 g/mol. The van der Waals surface area contributed by atoms with Crippen LogP contribution < -0.4 is 15.0 Å². The van der Waals surface area contributed by atoms with Crippen molar-refractivity contribution < 1.29 is 14.4 Å². The summed E-state index contributed by atoms with van der Waals surface area (Å²) in [6.45, 7) is 2.83. The maximum Gasteiger partial charge on any atom is 0.279 e. The van der Waals surface area contributed by atoms with Crippen LogP contribution in [-0.2, 0) is 4.79 Å². The Hall–Kier alpha value is -3.11. The zero-order chi connectivity index (χ0) is 19.8. The van der Waals surface area contributed by atoms with Gasteiger partial charge in [-0.05, 0) is 19.1 Å². The van der Waals surface area contributed by atoms with Gasteiger partial charge in [0.15, 0.2) is 6.54 Å². The molecule has 3 aromatic rings. The molecule has 4 nitrogen and oxygen atoms in total. The molecule has 0 aliphatic carbocycles. The van der Waals surface area contributed by atoms with Gasteiger partial charge in [0, 0.05) is 11.1 Å². The number of ether oxygens (including phenoxy) is 1. The molecule has 0 fully saturated rings. The number of para-hydroxylation sites is 2. The maximum atomic E-state index is 12.8. The second kappa shape index (κ2) is 9.72. The van der Waals surface area contributed by atoms with Crippen LogP contribution in [0, 0.1) is 0 Å². The molecule has 0 spiro atoms. The number of hydrogen-bond donors (Lipinski definition) is 2. The van der Waals surface area contributed by atoms with Gasteiger partial charge in [-0.1, -0.05) is 72.8 Å². The van der Waals surface area contributed by atoms with Crippen LogP contribution in [0.4, 0.5) is 5.69 Å². The lowest BCUT2D eigenvalue weighted by atomic mass is 9.97. The van der Waals surface area contributed by atoms with E-state index < -0.39 is 0 Å². The molecule has 0 aliphatic rings. The van der Waals surface area contributed by atoms with Crippen LogP contribution in [0.5, 0.6) is 5.75 Å². The molecule has 0 heterocycles. The molecule has 144 valence electrons. The predicted molar refractivity (Wildman–Crippen MR) is 113 cm³/mol. The second-order valence-corrected chi connectivity index (χ2v) is 6.75. The van der Waals surface area contributed by atoms with E-state index in [4.69, 9.17) is 4.74 Å². The predicted octanol–water partition coefficient (Wildman–Crippen LogP) is 3.33. The lowest BCUT2D eigenvalue weighted by Crippen LogP contribution is -3.10. The molecule has 2 N–H and O–H groups in total. The Labute approximate surface area is 166 Å². The smallest absolute Gasteiger partial charge is 0.279 e. The lowest BCUT2D eigenvalue weighted by Gasteiger charge is -2.25. The largest absolute Gasteiger partial charge is 0.492 e. The summed E-state index contributed by atoms with van der Waals surface area (Å²) in [6.07, 6.45) is 0. The summed E-state index contributed by atoms with van der Waals surface area (Å²) >= 11 is 0. The fourth-order valence-electron chi connectivity index (χ4n) is 3.45. The summed E-state index contributed by atoms with van der Waals surface area (Å²) in [7, 11) is 2.05. The number of anilines is 1. The van der Waals surface area contributed by atoms with Gasteiger partial charge in [0.25, 0.3) is 5.91 Å². The fourth-order valence-corrected chi connectivity index (χ4v) is 3.45. The van der Waals surface area contributed by atoms with Crippen LogP contribution in [-0.4, -0.2) is 26.1 Å². The zero-order valence-electron chi connectivity index (χ0n) is 16.4. The van der Waals surface area contributed by atoms with Gasteiger partial charge in [0.2, 0.25) is 0 Å². The molecule has 0 saturated carbocycles. The quantitative estimate of drug-likeness (QED) is 0.634. The maximum absolute atomic E-state index is 12.8. The van der Waals surface area contributed by atoms with Crippen LogP contribution in [0.25, 0.3) is 0 Å². The first kappa shape index (κ1) is 19.6. The number of carbonyl (C=O) groups excluding carboxylic acids is 1. The number of carbonyl (C=O) groups is 1. The summed E-state index contributed by atoms with van der Waals surface area (Å²) in [5.74, 6) is 0.653. The highest BCUT2D eigenvalue weighted by atomic mass is 16.5. The summed E-state index contributed by atoms with van der Waals surface area (Å²) in [4.78, 5) is 13.9. The number of rotatable bonds is 8.